The number of aryl methyl sites for hydroxylation is 1. The number of benzene rings is 2. The van der Waals surface area contributed by atoms with E-state index in [2.05, 4.69) is 21.2 Å². The van der Waals surface area contributed by atoms with Gasteiger partial charge in [0.1, 0.15) is 4.88 Å². The maximum Gasteiger partial charge on any atom is 0.267 e. The first-order valence-corrected chi connectivity index (χ1v) is 8.01. The molecule has 1 aromatic heterocycles. The number of fused-ring (bicyclic) bond motifs is 1. The zero-order valence-corrected chi connectivity index (χ0v) is 13.7. The van der Waals surface area contributed by atoms with Crippen molar-refractivity contribution < 1.29 is 4.79 Å². The fraction of sp³-hybridized carbons (Fsp3) is 0.0625. The molecular formula is C16H13BrN2OS. The van der Waals surface area contributed by atoms with Crippen molar-refractivity contribution >= 4 is 54.6 Å². The van der Waals surface area contributed by atoms with Crippen LogP contribution in [-0.2, 0) is 0 Å². The minimum absolute atomic E-state index is 0.167. The van der Waals surface area contributed by atoms with E-state index in [9.17, 15) is 4.79 Å². The molecule has 0 aliphatic heterocycles. The quantitative estimate of drug-likeness (QED) is 0.688. The molecule has 2 aromatic carbocycles. The first-order chi connectivity index (χ1) is 10.1. The normalized spacial score (nSPS) is 10.8. The minimum Gasteiger partial charge on any atom is -0.397 e. The van der Waals surface area contributed by atoms with Crippen molar-refractivity contribution in [2.75, 3.05) is 11.1 Å². The first kappa shape index (κ1) is 14.1. The van der Waals surface area contributed by atoms with Crippen LogP contribution in [0, 0.1) is 6.92 Å². The van der Waals surface area contributed by atoms with E-state index in [0.717, 1.165) is 25.8 Å². The van der Waals surface area contributed by atoms with Crippen LogP contribution in [0.15, 0.2) is 46.9 Å². The van der Waals surface area contributed by atoms with Gasteiger partial charge in [-0.3, -0.25) is 4.79 Å². The molecule has 0 fully saturated rings. The number of halogens is 1. The summed E-state index contributed by atoms with van der Waals surface area (Å²) in [5, 5.41) is 3.83. The second kappa shape index (κ2) is 5.50. The standard InChI is InChI=1S/C16H13BrN2OS/c1-9-4-2-3-5-12(9)19-16(20)15-14(18)11-8-10(17)6-7-13(11)21-15/h2-8H,18H2,1H3,(H,19,20). The van der Waals surface area contributed by atoms with Crippen molar-refractivity contribution in [1.82, 2.24) is 0 Å². The number of nitrogen functional groups attached to an aromatic ring is 1. The summed E-state index contributed by atoms with van der Waals surface area (Å²) >= 11 is 4.83. The molecule has 0 bridgehead atoms. The van der Waals surface area contributed by atoms with Gasteiger partial charge >= 0.3 is 0 Å². The van der Waals surface area contributed by atoms with Gasteiger partial charge in [-0.15, -0.1) is 11.3 Å². The van der Waals surface area contributed by atoms with E-state index in [0.29, 0.717) is 10.6 Å². The molecule has 106 valence electrons. The van der Waals surface area contributed by atoms with Gasteiger partial charge in [0.05, 0.1) is 5.69 Å². The van der Waals surface area contributed by atoms with Gasteiger partial charge < -0.3 is 11.1 Å². The molecular weight excluding hydrogens is 348 g/mol. The van der Waals surface area contributed by atoms with Gasteiger partial charge in [-0.1, -0.05) is 34.1 Å². The summed E-state index contributed by atoms with van der Waals surface area (Å²) in [4.78, 5) is 13.0. The Bertz CT molecular complexity index is 841. The number of hydrogen-bond acceptors (Lipinski definition) is 3. The summed E-state index contributed by atoms with van der Waals surface area (Å²) in [6, 6.07) is 13.5. The van der Waals surface area contributed by atoms with Crippen molar-refractivity contribution in [1.29, 1.82) is 0 Å². The third-order valence-electron chi connectivity index (χ3n) is 3.29. The number of rotatable bonds is 2. The van der Waals surface area contributed by atoms with Crippen molar-refractivity contribution in [3.05, 3.63) is 57.4 Å². The van der Waals surface area contributed by atoms with Crippen molar-refractivity contribution in [3.8, 4) is 0 Å². The highest BCUT2D eigenvalue weighted by Gasteiger charge is 2.17. The maximum atomic E-state index is 12.4. The lowest BCUT2D eigenvalue weighted by Crippen LogP contribution is -2.12. The summed E-state index contributed by atoms with van der Waals surface area (Å²) in [6.07, 6.45) is 0. The summed E-state index contributed by atoms with van der Waals surface area (Å²) < 4.78 is 1.95. The molecule has 0 spiro atoms. The molecule has 0 aliphatic rings. The monoisotopic (exact) mass is 360 g/mol. The van der Waals surface area contributed by atoms with Gasteiger partial charge in [-0.2, -0.15) is 0 Å². The Hall–Kier alpha value is -1.85. The summed E-state index contributed by atoms with van der Waals surface area (Å²) in [5.41, 5.74) is 8.49. The average Bonchev–Trinajstić information content (AvgIpc) is 2.79. The summed E-state index contributed by atoms with van der Waals surface area (Å²) in [7, 11) is 0. The highest BCUT2D eigenvalue weighted by atomic mass is 79.9. The molecule has 0 aliphatic carbocycles. The number of amides is 1. The molecule has 1 heterocycles. The minimum atomic E-state index is -0.167. The van der Waals surface area contributed by atoms with Crippen LogP contribution in [0.4, 0.5) is 11.4 Å². The molecule has 0 atom stereocenters. The van der Waals surface area contributed by atoms with Crippen LogP contribution in [0.2, 0.25) is 0 Å². The SMILES string of the molecule is Cc1ccccc1NC(=O)c1sc2ccc(Br)cc2c1N. The van der Waals surface area contributed by atoms with Crippen LogP contribution in [-0.4, -0.2) is 5.91 Å². The van der Waals surface area contributed by atoms with Crippen LogP contribution in [0.1, 0.15) is 15.2 Å². The maximum absolute atomic E-state index is 12.4. The van der Waals surface area contributed by atoms with Crippen LogP contribution in [0.3, 0.4) is 0 Å². The second-order valence-corrected chi connectivity index (χ2v) is 6.72. The van der Waals surface area contributed by atoms with Gasteiger partial charge in [0.25, 0.3) is 5.91 Å². The number of para-hydroxylation sites is 1. The Morgan fingerprint density at radius 2 is 2.00 bits per heavy atom. The topological polar surface area (TPSA) is 55.1 Å². The van der Waals surface area contributed by atoms with E-state index in [1.807, 2.05) is 49.4 Å². The number of anilines is 2. The zero-order valence-electron chi connectivity index (χ0n) is 11.3. The lowest BCUT2D eigenvalue weighted by atomic mass is 10.2. The Labute approximate surface area is 134 Å². The molecule has 5 heteroatoms. The number of carbonyl (C=O) groups is 1. The smallest absolute Gasteiger partial charge is 0.267 e. The summed E-state index contributed by atoms with van der Waals surface area (Å²) in [5.74, 6) is -0.167. The molecule has 3 nitrogen and oxygen atoms in total. The van der Waals surface area contributed by atoms with Crippen LogP contribution in [0.5, 0.6) is 0 Å². The van der Waals surface area contributed by atoms with E-state index >= 15 is 0 Å². The number of nitrogens with two attached hydrogens (primary N) is 1. The fourth-order valence-corrected chi connectivity index (χ4v) is 3.51. The number of nitrogens with one attached hydrogen (secondary N) is 1. The molecule has 1 amide bonds. The first-order valence-electron chi connectivity index (χ1n) is 6.41. The predicted molar refractivity (Wildman–Crippen MR) is 93.1 cm³/mol. The van der Waals surface area contributed by atoms with Gasteiger partial charge in [-0.05, 0) is 36.8 Å². The Morgan fingerprint density at radius 1 is 1.24 bits per heavy atom. The third kappa shape index (κ3) is 2.66. The van der Waals surface area contributed by atoms with Crippen molar-refractivity contribution in [2.24, 2.45) is 0 Å². The van der Waals surface area contributed by atoms with E-state index in [4.69, 9.17) is 5.73 Å². The Morgan fingerprint density at radius 3 is 2.76 bits per heavy atom. The van der Waals surface area contributed by atoms with Crippen LogP contribution >= 0.6 is 27.3 Å². The van der Waals surface area contributed by atoms with E-state index in [-0.39, 0.29) is 5.91 Å². The number of thiophene rings is 1. The summed E-state index contributed by atoms with van der Waals surface area (Å²) in [6.45, 7) is 1.96. The van der Waals surface area contributed by atoms with Gasteiger partial charge in [0, 0.05) is 20.2 Å². The zero-order chi connectivity index (χ0) is 15.0. The molecule has 21 heavy (non-hydrogen) atoms. The van der Waals surface area contributed by atoms with E-state index in [1.165, 1.54) is 11.3 Å². The third-order valence-corrected chi connectivity index (χ3v) is 4.97. The van der Waals surface area contributed by atoms with Crippen molar-refractivity contribution in [3.63, 3.8) is 0 Å². The predicted octanol–water partition coefficient (Wildman–Crippen LogP) is 4.81. The molecule has 0 radical (unpaired) electrons. The lowest BCUT2D eigenvalue weighted by molar-refractivity contribution is 0.103. The number of hydrogen-bond donors (Lipinski definition) is 2. The number of carbonyl (C=O) groups excluding carboxylic acids is 1. The van der Waals surface area contributed by atoms with E-state index < -0.39 is 0 Å². The Kier molecular flexibility index (Phi) is 3.69. The Balaban J connectivity index is 1.99. The molecule has 0 saturated heterocycles. The molecule has 3 rings (SSSR count). The van der Waals surface area contributed by atoms with Crippen molar-refractivity contribution in [2.45, 2.75) is 6.92 Å². The lowest BCUT2D eigenvalue weighted by Gasteiger charge is -2.07. The van der Waals surface area contributed by atoms with Crippen LogP contribution in [0.25, 0.3) is 10.1 Å². The second-order valence-electron chi connectivity index (χ2n) is 4.75. The van der Waals surface area contributed by atoms with E-state index in [1.54, 1.807) is 0 Å². The van der Waals surface area contributed by atoms with Crippen LogP contribution < -0.4 is 11.1 Å². The molecule has 3 aromatic rings. The highest BCUT2D eigenvalue weighted by Crippen LogP contribution is 2.35. The average molecular weight is 361 g/mol. The fourth-order valence-electron chi connectivity index (χ4n) is 2.15. The van der Waals surface area contributed by atoms with Gasteiger partial charge in [0.15, 0.2) is 0 Å². The highest BCUT2D eigenvalue weighted by molar-refractivity contribution is 9.10. The van der Waals surface area contributed by atoms with Gasteiger partial charge in [0.2, 0.25) is 0 Å². The largest absolute Gasteiger partial charge is 0.397 e. The molecule has 0 unspecified atom stereocenters. The van der Waals surface area contributed by atoms with Gasteiger partial charge in [-0.25, -0.2) is 0 Å². The molecule has 3 N–H and O–H groups in total. The molecule has 0 saturated carbocycles.